The summed E-state index contributed by atoms with van der Waals surface area (Å²) in [5.74, 6) is -1.13. The highest BCUT2D eigenvalue weighted by molar-refractivity contribution is 7.96. The SMILES string of the molecule is Cc1ccc(N2C=C(C(=O)N3CCOCC3)S(=O)(=O)c3ccc(F)cc32)cc1. The third-order valence-electron chi connectivity index (χ3n) is 4.83. The minimum atomic E-state index is -4.08. The molecule has 4 rings (SSSR count). The number of fused-ring (bicyclic) bond motifs is 1. The van der Waals surface area contributed by atoms with Crippen LogP contribution >= 0.6 is 0 Å². The summed E-state index contributed by atoms with van der Waals surface area (Å²) in [5.41, 5.74) is 1.85. The third kappa shape index (κ3) is 3.18. The first kappa shape index (κ1) is 18.6. The first-order valence-corrected chi connectivity index (χ1v) is 10.4. The van der Waals surface area contributed by atoms with Gasteiger partial charge >= 0.3 is 0 Å². The second kappa shape index (κ2) is 7.03. The van der Waals surface area contributed by atoms with Gasteiger partial charge in [-0.3, -0.25) is 4.79 Å². The number of halogens is 1. The quantitative estimate of drug-likeness (QED) is 0.723. The maximum Gasteiger partial charge on any atom is 0.267 e. The van der Waals surface area contributed by atoms with Crippen LogP contribution in [0.1, 0.15) is 5.56 Å². The zero-order chi connectivity index (χ0) is 19.9. The van der Waals surface area contributed by atoms with Crippen molar-refractivity contribution >= 4 is 27.1 Å². The Balaban J connectivity index is 1.87. The highest BCUT2D eigenvalue weighted by Gasteiger charge is 2.38. The molecule has 146 valence electrons. The Bertz CT molecular complexity index is 1060. The number of aryl methyl sites for hydroxylation is 1. The predicted octanol–water partition coefficient (Wildman–Crippen LogP) is 2.76. The minimum absolute atomic E-state index is 0.0893. The molecule has 2 heterocycles. The Kier molecular flexibility index (Phi) is 4.68. The van der Waals surface area contributed by atoms with Gasteiger partial charge in [-0.15, -0.1) is 0 Å². The van der Waals surface area contributed by atoms with Crippen molar-refractivity contribution in [1.82, 2.24) is 4.90 Å². The molecule has 0 aromatic heterocycles. The van der Waals surface area contributed by atoms with Gasteiger partial charge in [0.25, 0.3) is 5.91 Å². The molecule has 0 unspecified atom stereocenters. The largest absolute Gasteiger partial charge is 0.378 e. The van der Waals surface area contributed by atoms with Crippen LogP contribution < -0.4 is 4.90 Å². The van der Waals surface area contributed by atoms with E-state index in [2.05, 4.69) is 0 Å². The standard InChI is InChI=1S/C20H19FN2O4S/c1-14-2-5-16(6-3-14)23-13-19(20(24)22-8-10-27-11-9-22)28(25,26)18-7-4-15(21)12-17(18)23/h2-7,12-13H,8-11H2,1H3. The van der Waals surface area contributed by atoms with Gasteiger partial charge in [0.15, 0.2) is 4.91 Å². The van der Waals surface area contributed by atoms with Gasteiger partial charge in [0.2, 0.25) is 9.84 Å². The highest BCUT2D eigenvalue weighted by Crippen LogP contribution is 2.40. The van der Waals surface area contributed by atoms with Crippen molar-refractivity contribution in [3.8, 4) is 0 Å². The lowest BCUT2D eigenvalue weighted by molar-refractivity contribution is -0.130. The van der Waals surface area contributed by atoms with Gasteiger partial charge in [0, 0.05) is 25.0 Å². The summed E-state index contributed by atoms with van der Waals surface area (Å²) < 4.78 is 45.4. The van der Waals surface area contributed by atoms with Crippen LogP contribution in [0.5, 0.6) is 0 Å². The number of nitrogens with zero attached hydrogens (tertiary/aromatic N) is 2. The van der Waals surface area contributed by atoms with E-state index < -0.39 is 21.6 Å². The number of carbonyl (C=O) groups is 1. The topological polar surface area (TPSA) is 66.9 Å². The van der Waals surface area contributed by atoms with E-state index in [0.29, 0.717) is 32.0 Å². The van der Waals surface area contributed by atoms with E-state index in [9.17, 15) is 17.6 Å². The Morgan fingerprint density at radius 1 is 1.07 bits per heavy atom. The van der Waals surface area contributed by atoms with Gasteiger partial charge in [-0.05, 0) is 37.3 Å². The van der Waals surface area contributed by atoms with Crippen LogP contribution in [0.2, 0.25) is 0 Å². The lowest BCUT2D eigenvalue weighted by Gasteiger charge is -2.32. The summed E-state index contributed by atoms with van der Waals surface area (Å²) in [5, 5.41) is 0. The van der Waals surface area contributed by atoms with E-state index in [1.54, 1.807) is 17.0 Å². The fraction of sp³-hybridized carbons (Fsp3) is 0.250. The number of hydrogen-bond acceptors (Lipinski definition) is 5. The third-order valence-corrected chi connectivity index (χ3v) is 6.61. The van der Waals surface area contributed by atoms with Crippen molar-refractivity contribution in [2.45, 2.75) is 11.8 Å². The Morgan fingerprint density at radius 3 is 2.43 bits per heavy atom. The summed E-state index contributed by atoms with van der Waals surface area (Å²) in [4.78, 5) is 15.6. The monoisotopic (exact) mass is 402 g/mol. The van der Waals surface area contributed by atoms with Gasteiger partial charge in [-0.2, -0.15) is 0 Å². The predicted molar refractivity (Wildman–Crippen MR) is 102 cm³/mol. The van der Waals surface area contributed by atoms with Crippen LogP contribution in [-0.2, 0) is 19.4 Å². The molecule has 6 nitrogen and oxygen atoms in total. The highest BCUT2D eigenvalue weighted by atomic mass is 32.2. The summed E-state index contributed by atoms with van der Waals surface area (Å²) >= 11 is 0. The van der Waals surface area contributed by atoms with E-state index in [4.69, 9.17) is 4.74 Å². The molecule has 0 radical (unpaired) electrons. The van der Waals surface area contributed by atoms with Crippen molar-refractivity contribution < 1.29 is 22.3 Å². The number of carbonyl (C=O) groups excluding carboxylic acids is 1. The van der Waals surface area contributed by atoms with E-state index in [1.807, 2.05) is 19.1 Å². The van der Waals surface area contributed by atoms with E-state index in [0.717, 1.165) is 11.6 Å². The maximum atomic E-state index is 13.9. The van der Waals surface area contributed by atoms with Crippen molar-refractivity contribution in [1.29, 1.82) is 0 Å². The molecule has 1 amide bonds. The Morgan fingerprint density at radius 2 is 1.75 bits per heavy atom. The fourth-order valence-electron chi connectivity index (χ4n) is 3.29. The molecule has 0 spiro atoms. The molecule has 8 heteroatoms. The van der Waals surface area contributed by atoms with Crippen molar-refractivity contribution in [2.24, 2.45) is 0 Å². The van der Waals surface area contributed by atoms with Gasteiger partial charge in [0.1, 0.15) is 5.82 Å². The molecule has 0 bridgehead atoms. The molecular formula is C20H19FN2O4S. The molecular weight excluding hydrogens is 383 g/mol. The summed E-state index contributed by atoms with van der Waals surface area (Å²) in [6, 6.07) is 10.8. The molecule has 2 aliphatic heterocycles. The molecule has 28 heavy (non-hydrogen) atoms. The molecule has 2 aromatic carbocycles. The van der Waals surface area contributed by atoms with E-state index in [-0.39, 0.29) is 15.5 Å². The molecule has 2 aromatic rings. The number of benzene rings is 2. The van der Waals surface area contributed by atoms with Crippen molar-refractivity contribution in [3.05, 3.63) is 65.0 Å². The van der Waals surface area contributed by atoms with Crippen molar-refractivity contribution in [3.63, 3.8) is 0 Å². The van der Waals surface area contributed by atoms with Gasteiger partial charge < -0.3 is 14.5 Å². The maximum absolute atomic E-state index is 13.9. The Labute approximate surface area is 162 Å². The Hall–Kier alpha value is -2.71. The van der Waals surface area contributed by atoms with E-state index in [1.165, 1.54) is 23.2 Å². The van der Waals surface area contributed by atoms with Gasteiger partial charge in [0.05, 0.1) is 23.8 Å². The lowest BCUT2D eigenvalue weighted by atomic mass is 10.2. The van der Waals surface area contributed by atoms with Crippen LogP contribution in [0.3, 0.4) is 0 Å². The first-order valence-electron chi connectivity index (χ1n) is 8.87. The number of amides is 1. The smallest absolute Gasteiger partial charge is 0.267 e. The number of morpholine rings is 1. The number of hydrogen-bond donors (Lipinski definition) is 0. The summed E-state index contributed by atoms with van der Waals surface area (Å²) in [6.45, 7) is 3.31. The minimum Gasteiger partial charge on any atom is -0.378 e. The second-order valence-electron chi connectivity index (χ2n) is 6.72. The van der Waals surface area contributed by atoms with Gasteiger partial charge in [-0.25, -0.2) is 12.8 Å². The molecule has 0 N–H and O–H groups in total. The molecule has 0 aliphatic carbocycles. The summed E-state index contributed by atoms with van der Waals surface area (Å²) in [6.07, 6.45) is 1.29. The summed E-state index contributed by atoms with van der Waals surface area (Å²) in [7, 11) is -4.08. The van der Waals surface area contributed by atoms with Crippen LogP contribution in [0.25, 0.3) is 0 Å². The lowest BCUT2D eigenvalue weighted by Crippen LogP contribution is -2.43. The van der Waals surface area contributed by atoms with Crippen LogP contribution in [0.4, 0.5) is 15.8 Å². The van der Waals surface area contributed by atoms with E-state index >= 15 is 0 Å². The zero-order valence-electron chi connectivity index (χ0n) is 15.3. The van der Waals surface area contributed by atoms with Gasteiger partial charge in [-0.1, -0.05) is 17.7 Å². The number of anilines is 2. The van der Waals surface area contributed by atoms with Crippen LogP contribution in [0, 0.1) is 12.7 Å². The molecule has 0 atom stereocenters. The fourth-order valence-corrected chi connectivity index (χ4v) is 4.81. The number of ether oxygens (including phenoxy) is 1. The number of sulfone groups is 1. The van der Waals surface area contributed by atoms with Crippen LogP contribution in [0.15, 0.2) is 58.5 Å². The second-order valence-corrected chi connectivity index (χ2v) is 8.61. The normalized spacial score (nSPS) is 18.4. The van der Waals surface area contributed by atoms with Crippen molar-refractivity contribution in [2.75, 3.05) is 31.2 Å². The zero-order valence-corrected chi connectivity index (χ0v) is 16.1. The first-order chi connectivity index (χ1) is 13.4. The average molecular weight is 402 g/mol. The molecule has 2 aliphatic rings. The van der Waals surface area contributed by atoms with Crippen LogP contribution in [-0.4, -0.2) is 45.5 Å². The molecule has 1 saturated heterocycles. The molecule has 1 fully saturated rings. The number of rotatable bonds is 2. The molecule has 0 saturated carbocycles. The average Bonchev–Trinajstić information content (AvgIpc) is 2.69.